The number of likely N-dealkylation sites (N-methyl/N-ethyl adjacent to an activating group) is 1. The third-order valence-electron chi connectivity index (χ3n) is 7.50. The minimum Gasteiger partial charge on any atom is -0.508 e. The predicted molar refractivity (Wildman–Crippen MR) is 124 cm³/mol. The van der Waals surface area contributed by atoms with Gasteiger partial charge in [0, 0.05) is 31.3 Å². The maximum atomic E-state index is 13.9. The second-order valence-corrected chi connectivity index (χ2v) is 9.81. The Hall–Kier alpha value is -3.70. The van der Waals surface area contributed by atoms with Crippen LogP contribution in [-0.4, -0.2) is 82.5 Å². The van der Waals surface area contributed by atoms with Crippen LogP contribution in [0.4, 0.5) is 5.69 Å². The van der Waals surface area contributed by atoms with E-state index in [2.05, 4.69) is 4.98 Å². The molecule has 2 aromatic rings. The van der Waals surface area contributed by atoms with Crippen molar-refractivity contribution in [3.05, 3.63) is 40.5 Å². The van der Waals surface area contributed by atoms with Gasteiger partial charge in [-0.1, -0.05) is 0 Å². The van der Waals surface area contributed by atoms with Crippen molar-refractivity contribution in [1.82, 2.24) is 9.88 Å². The number of nitrogens with two attached hydrogens (primary N) is 1. The van der Waals surface area contributed by atoms with Crippen molar-refractivity contribution < 1.29 is 34.1 Å². The van der Waals surface area contributed by atoms with Gasteiger partial charge in [0.1, 0.15) is 22.6 Å². The number of carbonyl (C=O) groups is 3. The lowest BCUT2D eigenvalue weighted by Gasteiger charge is -2.50. The van der Waals surface area contributed by atoms with Crippen LogP contribution in [0.5, 0.6) is 0 Å². The lowest BCUT2D eigenvalue weighted by Crippen LogP contribution is -2.65. The Morgan fingerprint density at radius 1 is 1.23 bits per heavy atom. The minimum absolute atomic E-state index is 0.0903. The summed E-state index contributed by atoms with van der Waals surface area (Å²) in [5.74, 6) is -6.05. The number of nitrogens with zero attached hydrogens (tertiary/aromatic N) is 3. The third kappa shape index (κ3) is 2.85. The highest BCUT2D eigenvalue weighted by Crippen LogP contribution is 2.53. The first-order valence-corrected chi connectivity index (χ1v) is 11.1. The van der Waals surface area contributed by atoms with Crippen molar-refractivity contribution in [2.45, 2.75) is 24.5 Å². The zero-order valence-corrected chi connectivity index (χ0v) is 19.7. The van der Waals surface area contributed by atoms with E-state index in [1.54, 1.807) is 14.1 Å². The van der Waals surface area contributed by atoms with Crippen LogP contribution in [0.3, 0.4) is 0 Å². The molecule has 3 aliphatic rings. The number of primary amides is 1. The molecule has 0 bridgehead atoms. The van der Waals surface area contributed by atoms with Crippen molar-refractivity contribution in [2.24, 2.45) is 17.6 Å². The summed E-state index contributed by atoms with van der Waals surface area (Å²) in [7, 11) is 6.85. The Kier molecular flexibility index (Phi) is 4.87. The SMILES string of the molecule is CN(C)c1cc2ncoc2c2c1C[C@H]1C[C@H]3[C@H](N(C)C)C(=O)C(C(N)=O)=C(O)C3(O)C(=O)C1=C2O. The number of rotatable bonds is 3. The van der Waals surface area contributed by atoms with Crippen LogP contribution >= 0.6 is 0 Å². The molecule has 1 heterocycles. The predicted octanol–water partition coefficient (Wildman–Crippen LogP) is 0.466. The molecule has 1 saturated carbocycles. The van der Waals surface area contributed by atoms with Crippen LogP contribution < -0.4 is 10.6 Å². The molecule has 1 aromatic heterocycles. The standard InChI is InChI=1S/C24H26N4O7/c1-27(2)13-7-12-20(35-8-26-12)15-10(13)5-9-6-11-17(28(3)4)19(30)16(23(25)33)22(32)24(11,34)21(31)14(9)18(15)29/h7-9,11,17,29,32,34H,5-6H2,1-4H3,(H2,25,33)/t9-,11-,17-,24?/m0/s1. The molecule has 3 aliphatic carbocycles. The molecule has 5 rings (SSSR count). The molecule has 1 aromatic carbocycles. The van der Waals surface area contributed by atoms with Crippen LogP contribution in [0.15, 0.2) is 33.8 Å². The number of Topliss-reactive ketones (excluding diaryl/α,β-unsaturated/α-hetero) is 2. The Balaban J connectivity index is 1.79. The first-order valence-electron chi connectivity index (χ1n) is 11.1. The van der Waals surface area contributed by atoms with Crippen molar-refractivity contribution >= 4 is 40.0 Å². The average molecular weight is 482 g/mol. The third-order valence-corrected chi connectivity index (χ3v) is 7.50. The van der Waals surface area contributed by atoms with E-state index in [-0.39, 0.29) is 17.8 Å². The van der Waals surface area contributed by atoms with E-state index < -0.39 is 52.3 Å². The van der Waals surface area contributed by atoms with Crippen LogP contribution in [-0.2, 0) is 20.8 Å². The van der Waals surface area contributed by atoms with Crippen LogP contribution in [0.1, 0.15) is 17.5 Å². The summed E-state index contributed by atoms with van der Waals surface area (Å²) in [5.41, 5.74) is 4.43. The minimum atomic E-state index is -2.61. The molecule has 0 spiro atoms. The van der Waals surface area contributed by atoms with Crippen molar-refractivity contribution in [2.75, 3.05) is 33.1 Å². The molecule has 0 aliphatic heterocycles. The smallest absolute Gasteiger partial charge is 0.255 e. The van der Waals surface area contributed by atoms with E-state index in [0.29, 0.717) is 23.1 Å². The number of hydrogen-bond donors (Lipinski definition) is 4. The lowest BCUT2D eigenvalue weighted by molar-refractivity contribution is -0.153. The fourth-order valence-electron chi connectivity index (χ4n) is 6.01. The van der Waals surface area contributed by atoms with E-state index in [0.717, 1.165) is 11.3 Å². The zero-order valence-electron chi connectivity index (χ0n) is 19.7. The van der Waals surface area contributed by atoms with Gasteiger partial charge in [0.2, 0.25) is 5.78 Å². The molecular formula is C24H26N4O7. The number of amides is 1. The van der Waals surface area contributed by atoms with E-state index in [1.165, 1.54) is 11.3 Å². The maximum absolute atomic E-state index is 13.9. The normalized spacial score (nSPS) is 28.3. The molecule has 0 saturated heterocycles. The highest BCUT2D eigenvalue weighted by Gasteiger charge is 2.64. The Bertz CT molecular complexity index is 1390. The molecular weight excluding hydrogens is 456 g/mol. The maximum Gasteiger partial charge on any atom is 0.255 e. The zero-order chi connectivity index (χ0) is 25.6. The van der Waals surface area contributed by atoms with E-state index in [1.807, 2.05) is 25.1 Å². The van der Waals surface area contributed by atoms with Gasteiger partial charge in [-0.2, -0.15) is 0 Å². The monoisotopic (exact) mass is 482 g/mol. The van der Waals surface area contributed by atoms with Gasteiger partial charge in [0.05, 0.1) is 11.6 Å². The van der Waals surface area contributed by atoms with Gasteiger partial charge in [-0.3, -0.25) is 19.3 Å². The number of oxazole rings is 1. The Labute approximate surface area is 200 Å². The molecule has 4 atom stereocenters. The number of aromatic nitrogens is 1. The average Bonchev–Trinajstić information content (AvgIpc) is 3.23. The van der Waals surface area contributed by atoms with Crippen molar-refractivity contribution in [3.63, 3.8) is 0 Å². The Morgan fingerprint density at radius 3 is 2.51 bits per heavy atom. The summed E-state index contributed by atoms with van der Waals surface area (Å²) in [4.78, 5) is 46.6. The number of anilines is 1. The summed E-state index contributed by atoms with van der Waals surface area (Å²) in [6, 6.07) is 0.745. The molecule has 1 fully saturated rings. The molecule has 35 heavy (non-hydrogen) atoms. The number of ketones is 2. The summed E-state index contributed by atoms with van der Waals surface area (Å²) in [6.07, 6.45) is 1.65. The summed E-state index contributed by atoms with van der Waals surface area (Å²) >= 11 is 0. The van der Waals surface area contributed by atoms with Gasteiger partial charge in [-0.25, -0.2) is 4.98 Å². The largest absolute Gasteiger partial charge is 0.508 e. The van der Waals surface area contributed by atoms with Gasteiger partial charge in [0.25, 0.3) is 5.91 Å². The number of aliphatic hydroxyl groups is 3. The topological polar surface area (TPSA) is 170 Å². The van der Waals surface area contributed by atoms with Gasteiger partial charge in [0.15, 0.2) is 23.4 Å². The first kappa shape index (κ1) is 23.1. The van der Waals surface area contributed by atoms with Gasteiger partial charge in [-0.05, 0) is 44.5 Å². The molecule has 0 radical (unpaired) electrons. The summed E-state index contributed by atoms with van der Waals surface area (Å²) < 4.78 is 5.53. The van der Waals surface area contributed by atoms with Gasteiger partial charge < -0.3 is 30.4 Å². The number of fused-ring (bicyclic) bond motifs is 5. The summed E-state index contributed by atoms with van der Waals surface area (Å²) in [6.45, 7) is 0. The second kappa shape index (κ2) is 7.40. The number of carbonyl (C=O) groups excluding carboxylic acids is 3. The van der Waals surface area contributed by atoms with Crippen molar-refractivity contribution in [1.29, 1.82) is 0 Å². The van der Waals surface area contributed by atoms with E-state index in [4.69, 9.17) is 10.2 Å². The van der Waals surface area contributed by atoms with Crippen molar-refractivity contribution in [3.8, 4) is 0 Å². The molecule has 5 N–H and O–H groups in total. The fourth-order valence-corrected chi connectivity index (χ4v) is 6.01. The molecule has 184 valence electrons. The van der Waals surface area contributed by atoms with Crippen LogP contribution in [0.25, 0.3) is 16.9 Å². The van der Waals surface area contributed by atoms with Gasteiger partial charge in [-0.15, -0.1) is 0 Å². The summed E-state index contributed by atoms with van der Waals surface area (Å²) in [5, 5.41) is 34.0. The number of aliphatic hydroxyl groups excluding tert-OH is 2. The number of hydrogen-bond acceptors (Lipinski definition) is 10. The second-order valence-electron chi connectivity index (χ2n) is 9.81. The quantitative estimate of drug-likeness (QED) is 0.451. The fraction of sp³-hybridized carbons (Fsp3) is 0.417. The Morgan fingerprint density at radius 2 is 1.91 bits per heavy atom. The first-order chi connectivity index (χ1) is 16.4. The molecule has 1 unspecified atom stereocenters. The van der Waals surface area contributed by atoms with Crippen LogP contribution in [0, 0.1) is 11.8 Å². The number of benzene rings is 1. The van der Waals surface area contributed by atoms with E-state index >= 15 is 0 Å². The molecule has 1 amide bonds. The highest BCUT2D eigenvalue weighted by molar-refractivity contribution is 6.24. The van der Waals surface area contributed by atoms with Crippen LogP contribution in [0.2, 0.25) is 0 Å². The molecule has 11 nitrogen and oxygen atoms in total. The lowest BCUT2D eigenvalue weighted by atomic mass is 9.57. The highest BCUT2D eigenvalue weighted by atomic mass is 16.4. The van der Waals surface area contributed by atoms with Gasteiger partial charge >= 0.3 is 0 Å². The van der Waals surface area contributed by atoms with E-state index in [9.17, 15) is 29.7 Å². The molecule has 11 heteroatoms.